The first-order valence-electron chi connectivity index (χ1n) is 6.98. The fourth-order valence-corrected chi connectivity index (χ4v) is 3.87. The van der Waals surface area contributed by atoms with E-state index in [-0.39, 0.29) is 23.7 Å². The van der Waals surface area contributed by atoms with Crippen molar-refractivity contribution < 1.29 is 14.2 Å². The Hall–Kier alpha value is -1.35. The van der Waals surface area contributed by atoms with Crippen LogP contribution < -0.4 is 5.73 Å². The summed E-state index contributed by atoms with van der Waals surface area (Å²) in [6.07, 6.45) is 4.96. The first-order chi connectivity index (χ1) is 10.7. The minimum Gasteiger partial charge on any atom is -0.397 e. The SMILES string of the molecule is COC[C@H]1O[C@@H](n2cnc3c(N)ccnc32)C(OC)C1SC. The second-order valence-corrected chi connectivity index (χ2v) is 6.16. The molecule has 2 N–H and O–H groups in total. The number of hydrogen-bond acceptors (Lipinski definition) is 7. The lowest BCUT2D eigenvalue weighted by Crippen LogP contribution is -2.32. The number of ether oxygens (including phenoxy) is 3. The highest BCUT2D eigenvalue weighted by Crippen LogP contribution is 2.38. The first-order valence-corrected chi connectivity index (χ1v) is 8.27. The Balaban J connectivity index is 2.00. The van der Waals surface area contributed by atoms with Gasteiger partial charge < -0.3 is 19.9 Å². The van der Waals surface area contributed by atoms with Crippen LogP contribution in [0.2, 0.25) is 0 Å². The van der Waals surface area contributed by atoms with Gasteiger partial charge in [-0.1, -0.05) is 0 Å². The molecule has 0 amide bonds. The topological polar surface area (TPSA) is 84.4 Å². The van der Waals surface area contributed by atoms with Crippen LogP contribution in [0.15, 0.2) is 18.6 Å². The van der Waals surface area contributed by atoms with Gasteiger partial charge in [-0.15, -0.1) is 0 Å². The van der Waals surface area contributed by atoms with Gasteiger partial charge in [0.2, 0.25) is 0 Å². The molecule has 0 aliphatic carbocycles. The number of methoxy groups -OCH3 is 2. The summed E-state index contributed by atoms with van der Waals surface area (Å²) >= 11 is 1.71. The molecule has 4 atom stereocenters. The number of anilines is 1. The summed E-state index contributed by atoms with van der Waals surface area (Å²) in [5.74, 6) is 0. The van der Waals surface area contributed by atoms with Crippen LogP contribution in [0.4, 0.5) is 5.69 Å². The maximum Gasteiger partial charge on any atom is 0.164 e. The zero-order chi connectivity index (χ0) is 15.7. The molecular formula is C14H20N4O3S. The normalized spacial score (nSPS) is 28.5. The van der Waals surface area contributed by atoms with Crippen LogP contribution in [0, 0.1) is 0 Å². The number of aromatic nitrogens is 3. The first kappa shape index (κ1) is 15.5. The van der Waals surface area contributed by atoms with Gasteiger partial charge >= 0.3 is 0 Å². The molecule has 2 unspecified atom stereocenters. The van der Waals surface area contributed by atoms with Gasteiger partial charge in [0.15, 0.2) is 11.9 Å². The minimum atomic E-state index is -0.304. The predicted octanol–water partition coefficient (Wildman–Crippen LogP) is 1.30. The fourth-order valence-electron chi connectivity index (χ4n) is 2.91. The Morgan fingerprint density at radius 2 is 2.23 bits per heavy atom. The third-order valence-electron chi connectivity index (χ3n) is 3.93. The summed E-state index contributed by atoms with van der Waals surface area (Å²) < 4.78 is 19.0. The molecule has 0 bridgehead atoms. The highest BCUT2D eigenvalue weighted by molar-refractivity contribution is 7.99. The second kappa shape index (κ2) is 6.41. The number of rotatable bonds is 5. The van der Waals surface area contributed by atoms with E-state index < -0.39 is 0 Å². The van der Waals surface area contributed by atoms with Gasteiger partial charge in [-0.05, 0) is 12.3 Å². The largest absolute Gasteiger partial charge is 0.397 e. The molecule has 2 aromatic heterocycles. The molecule has 120 valence electrons. The summed E-state index contributed by atoms with van der Waals surface area (Å²) in [6, 6.07) is 1.74. The highest BCUT2D eigenvalue weighted by Gasteiger charge is 2.46. The number of nitrogens with two attached hydrogens (primary N) is 1. The van der Waals surface area contributed by atoms with Crippen molar-refractivity contribution in [1.29, 1.82) is 0 Å². The number of hydrogen-bond donors (Lipinski definition) is 1. The molecule has 3 rings (SSSR count). The summed E-state index contributed by atoms with van der Waals surface area (Å²) in [6.45, 7) is 0.518. The van der Waals surface area contributed by atoms with Crippen LogP contribution in [-0.4, -0.2) is 59.1 Å². The van der Waals surface area contributed by atoms with E-state index >= 15 is 0 Å². The lowest BCUT2D eigenvalue weighted by molar-refractivity contribution is -0.0625. The maximum atomic E-state index is 6.17. The minimum absolute atomic E-state index is 0.0477. The molecule has 0 saturated carbocycles. The van der Waals surface area contributed by atoms with Gasteiger partial charge in [0.1, 0.15) is 11.6 Å². The van der Waals surface area contributed by atoms with E-state index in [1.54, 1.807) is 44.6 Å². The average Bonchev–Trinajstić information content (AvgIpc) is 3.09. The van der Waals surface area contributed by atoms with E-state index in [1.807, 2.05) is 10.8 Å². The van der Waals surface area contributed by atoms with E-state index in [0.29, 0.717) is 23.5 Å². The molecular weight excluding hydrogens is 304 g/mol. The molecule has 2 aromatic rings. The van der Waals surface area contributed by atoms with E-state index in [9.17, 15) is 0 Å². The molecule has 1 fully saturated rings. The molecule has 1 saturated heterocycles. The van der Waals surface area contributed by atoms with Crippen molar-refractivity contribution in [2.75, 3.05) is 32.8 Å². The van der Waals surface area contributed by atoms with Gasteiger partial charge in [0.25, 0.3) is 0 Å². The smallest absolute Gasteiger partial charge is 0.164 e. The van der Waals surface area contributed by atoms with E-state index in [4.69, 9.17) is 19.9 Å². The van der Waals surface area contributed by atoms with Gasteiger partial charge in [-0.2, -0.15) is 11.8 Å². The Morgan fingerprint density at radius 3 is 2.91 bits per heavy atom. The van der Waals surface area contributed by atoms with Crippen molar-refractivity contribution >= 4 is 28.6 Å². The molecule has 0 spiro atoms. The number of thioether (sulfide) groups is 1. The molecule has 8 heteroatoms. The zero-order valence-corrected chi connectivity index (χ0v) is 13.6. The van der Waals surface area contributed by atoms with Gasteiger partial charge in [-0.25, -0.2) is 9.97 Å². The molecule has 1 aliphatic rings. The van der Waals surface area contributed by atoms with Crippen molar-refractivity contribution in [2.24, 2.45) is 0 Å². The lowest BCUT2D eigenvalue weighted by Gasteiger charge is -2.21. The van der Waals surface area contributed by atoms with Crippen LogP contribution in [0.3, 0.4) is 0 Å². The molecule has 0 radical (unpaired) electrons. The number of pyridine rings is 1. The fraction of sp³-hybridized carbons (Fsp3) is 0.571. The maximum absolute atomic E-state index is 6.17. The van der Waals surface area contributed by atoms with Crippen molar-refractivity contribution in [2.45, 2.75) is 23.7 Å². The van der Waals surface area contributed by atoms with Crippen LogP contribution in [-0.2, 0) is 14.2 Å². The van der Waals surface area contributed by atoms with Crippen molar-refractivity contribution in [3.05, 3.63) is 18.6 Å². The quantitative estimate of drug-likeness (QED) is 0.887. The Bertz CT molecular complexity index is 650. The van der Waals surface area contributed by atoms with Crippen LogP contribution >= 0.6 is 11.8 Å². The summed E-state index contributed by atoms with van der Waals surface area (Å²) in [5.41, 5.74) is 7.93. The van der Waals surface area contributed by atoms with Crippen molar-refractivity contribution in [3.63, 3.8) is 0 Å². The van der Waals surface area contributed by atoms with Crippen LogP contribution in [0.1, 0.15) is 6.23 Å². The summed E-state index contributed by atoms with van der Waals surface area (Å²) in [4.78, 5) is 8.74. The predicted molar refractivity (Wildman–Crippen MR) is 85.8 cm³/mol. The number of nitrogen functional groups attached to an aromatic ring is 1. The summed E-state index contributed by atoms with van der Waals surface area (Å²) in [7, 11) is 3.37. The molecule has 22 heavy (non-hydrogen) atoms. The molecule has 1 aliphatic heterocycles. The Labute approximate surface area is 133 Å². The lowest BCUT2D eigenvalue weighted by atomic mass is 10.2. The second-order valence-electron chi connectivity index (χ2n) is 5.15. The number of fused-ring (bicyclic) bond motifs is 1. The van der Waals surface area contributed by atoms with Crippen molar-refractivity contribution in [1.82, 2.24) is 14.5 Å². The third kappa shape index (κ3) is 2.45. The van der Waals surface area contributed by atoms with Gasteiger partial charge in [0, 0.05) is 20.4 Å². The van der Waals surface area contributed by atoms with Crippen LogP contribution in [0.5, 0.6) is 0 Å². The van der Waals surface area contributed by atoms with E-state index in [1.165, 1.54) is 0 Å². The van der Waals surface area contributed by atoms with Gasteiger partial charge in [0.05, 0.1) is 30.0 Å². The summed E-state index contributed by atoms with van der Waals surface area (Å²) in [5, 5.41) is 0.174. The standard InChI is InChI=1S/C14H20N4O3S/c1-19-6-9-12(22-3)11(20-2)14(21-9)18-7-17-10-8(15)4-5-16-13(10)18/h4-5,7,9,11-12,14H,6H2,1-3H3,(H2,15,16)/t9-,11?,12?,14-/m1/s1. The van der Waals surface area contributed by atoms with Crippen LogP contribution in [0.25, 0.3) is 11.2 Å². The molecule has 3 heterocycles. The molecule has 0 aromatic carbocycles. The van der Waals surface area contributed by atoms with E-state index in [0.717, 1.165) is 0 Å². The number of nitrogens with zero attached hydrogens (tertiary/aromatic N) is 3. The highest BCUT2D eigenvalue weighted by atomic mass is 32.2. The monoisotopic (exact) mass is 324 g/mol. The average molecular weight is 324 g/mol. The van der Waals surface area contributed by atoms with Gasteiger partial charge in [-0.3, -0.25) is 4.57 Å². The Morgan fingerprint density at radius 1 is 1.41 bits per heavy atom. The van der Waals surface area contributed by atoms with E-state index in [2.05, 4.69) is 9.97 Å². The number of imidazole rings is 1. The zero-order valence-electron chi connectivity index (χ0n) is 12.8. The third-order valence-corrected chi connectivity index (χ3v) is 5.04. The molecule has 7 nitrogen and oxygen atoms in total. The Kier molecular flexibility index (Phi) is 4.53. The van der Waals surface area contributed by atoms with Crippen molar-refractivity contribution in [3.8, 4) is 0 Å².